The molecule has 0 aliphatic heterocycles. The molecule has 0 aliphatic carbocycles. The molecule has 2 rings (SSSR count). The Kier molecular flexibility index (Phi) is 12.8. The monoisotopic (exact) mass is 411 g/mol. The molecule has 30 heavy (non-hydrogen) atoms. The van der Waals surface area contributed by atoms with Gasteiger partial charge in [-0.15, -0.1) is 0 Å². The number of unbranched alkanes of at least 4 members (excludes halogenated alkanes) is 11. The minimum atomic E-state index is 0.657. The number of pyridine rings is 1. The summed E-state index contributed by atoms with van der Waals surface area (Å²) in [5.41, 5.74) is 2.12. The summed E-state index contributed by atoms with van der Waals surface area (Å²) in [6.45, 7) is 5.25. The first-order valence-electron chi connectivity index (χ1n) is 12.2. The molecule has 0 fully saturated rings. The number of aryl methyl sites for hydroxylation is 1. The van der Waals surface area contributed by atoms with Crippen LogP contribution in [0.3, 0.4) is 0 Å². The van der Waals surface area contributed by atoms with E-state index in [1.807, 2.05) is 12.3 Å². The highest BCUT2D eigenvalue weighted by Crippen LogP contribution is 2.17. The summed E-state index contributed by atoms with van der Waals surface area (Å²) in [5, 5.41) is 0. The van der Waals surface area contributed by atoms with Crippen molar-refractivity contribution in [2.24, 2.45) is 0 Å². The van der Waals surface area contributed by atoms with E-state index in [9.17, 15) is 0 Å². The van der Waals surface area contributed by atoms with Gasteiger partial charge in [0.15, 0.2) is 11.6 Å². The largest absolute Gasteiger partial charge is 0.490 e. The van der Waals surface area contributed by atoms with Gasteiger partial charge < -0.3 is 4.74 Å². The first-order valence-corrected chi connectivity index (χ1v) is 12.2. The highest BCUT2D eigenvalue weighted by molar-refractivity contribution is 5.49. The molecule has 0 N–H and O–H groups in total. The van der Waals surface area contributed by atoms with Gasteiger partial charge in [0, 0.05) is 6.20 Å². The zero-order chi connectivity index (χ0) is 21.3. The van der Waals surface area contributed by atoms with Crippen LogP contribution in [0.1, 0.15) is 103 Å². The molecule has 0 atom stereocenters. The van der Waals surface area contributed by atoms with Crippen molar-refractivity contribution in [3.63, 3.8) is 0 Å². The molecule has 4 nitrogen and oxygen atoms in total. The molecule has 2 aromatic rings. The molecule has 0 aromatic carbocycles. The van der Waals surface area contributed by atoms with Gasteiger partial charge in [-0.3, -0.25) is 4.98 Å². The zero-order valence-electron chi connectivity index (χ0n) is 19.2. The third-order valence-corrected chi connectivity index (χ3v) is 5.52. The average molecular weight is 412 g/mol. The van der Waals surface area contributed by atoms with Crippen LogP contribution in [0.15, 0.2) is 30.7 Å². The lowest BCUT2D eigenvalue weighted by Gasteiger charge is -2.07. The van der Waals surface area contributed by atoms with E-state index in [2.05, 4.69) is 34.9 Å². The molecule has 0 spiro atoms. The Morgan fingerprint density at radius 1 is 0.633 bits per heavy atom. The second-order valence-corrected chi connectivity index (χ2v) is 8.28. The highest BCUT2D eigenvalue weighted by atomic mass is 16.5. The Morgan fingerprint density at radius 2 is 1.23 bits per heavy atom. The lowest BCUT2D eigenvalue weighted by molar-refractivity contribution is 0.302. The van der Waals surface area contributed by atoms with E-state index < -0.39 is 0 Å². The Balaban J connectivity index is 1.65. The summed E-state index contributed by atoms with van der Waals surface area (Å²) in [6.07, 6.45) is 23.5. The summed E-state index contributed by atoms with van der Waals surface area (Å²) >= 11 is 0. The van der Waals surface area contributed by atoms with E-state index in [1.54, 1.807) is 12.4 Å². The third kappa shape index (κ3) is 10.2. The van der Waals surface area contributed by atoms with Crippen LogP contribution in [0.25, 0.3) is 11.5 Å². The van der Waals surface area contributed by atoms with Gasteiger partial charge in [0.25, 0.3) is 0 Å². The van der Waals surface area contributed by atoms with E-state index in [1.165, 1.54) is 82.6 Å². The molecule has 0 radical (unpaired) electrons. The van der Waals surface area contributed by atoms with Crippen LogP contribution in [0, 0.1) is 0 Å². The second-order valence-electron chi connectivity index (χ2n) is 8.28. The Bertz CT molecular complexity index is 655. The summed E-state index contributed by atoms with van der Waals surface area (Å²) in [4.78, 5) is 13.4. The third-order valence-electron chi connectivity index (χ3n) is 5.52. The smallest absolute Gasteiger partial charge is 0.178 e. The molecule has 0 aliphatic rings. The molecule has 0 amide bonds. The number of nitrogens with zero attached hydrogens (tertiary/aromatic N) is 3. The fourth-order valence-corrected chi connectivity index (χ4v) is 3.59. The van der Waals surface area contributed by atoms with Crippen LogP contribution in [0.4, 0.5) is 0 Å². The minimum absolute atomic E-state index is 0.657. The number of hydrogen-bond donors (Lipinski definition) is 0. The van der Waals surface area contributed by atoms with Crippen LogP contribution in [-0.2, 0) is 6.42 Å². The summed E-state index contributed by atoms with van der Waals surface area (Å²) in [6, 6.07) is 4.18. The number of rotatable bonds is 17. The molecule has 0 unspecified atom stereocenters. The SMILES string of the molecule is CCCCCCCCCOc1cnc(-c2ccc(CCCCCCCC)cn2)nc1. The van der Waals surface area contributed by atoms with Crippen molar-refractivity contribution in [2.45, 2.75) is 104 Å². The van der Waals surface area contributed by atoms with Gasteiger partial charge >= 0.3 is 0 Å². The van der Waals surface area contributed by atoms with Gasteiger partial charge in [-0.1, -0.05) is 90.5 Å². The lowest BCUT2D eigenvalue weighted by atomic mass is 10.1. The Morgan fingerprint density at radius 3 is 1.83 bits per heavy atom. The zero-order valence-corrected chi connectivity index (χ0v) is 19.2. The predicted molar refractivity (Wildman–Crippen MR) is 126 cm³/mol. The Labute approximate surface area is 183 Å². The summed E-state index contributed by atoms with van der Waals surface area (Å²) in [7, 11) is 0. The lowest BCUT2D eigenvalue weighted by Crippen LogP contribution is -1.99. The number of aromatic nitrogens is 3. The van der Waals surface area contributed by atoms with Gasteiger partial charge in [-0.25, -0.2) is 9.97 Å². The Hall–Kier alpha value is -1.97. The van der Waals surface area contributed by atoms with Crippen molar-refractivity contribution >= 4 is 0 Å². The molecule has 0 bridgehead atoms. The van der Waals surface area contributed by atoms with Crippen molar-refractivity contribution in [3.8, 4) is 17.3 Å². The predicted octanol–water partition coefficient (Wildman–Crippen LogP) is 7.57. The molecule has 2 heterocycles. The van der Waals surface area contributed by atoms with Crippen molar-refractivity contribution < 1.29 is 4.74 Å². The maximum atomic E-state index is 5.78. The topological polar surface area (TPSA) is 47.9 Å². The van der Waals surface area contributed by atoms with Gasteiger partial charge in [0.1, 0.15) is 5.69 Å². The molecular weight excluding hydrogens is 370 g/mol. The van der Waals surface area contributed by atoms with Crippen LogP contribution in [-0.4, -0.2) is 21.6 Å². The van der Waals surface area contributed by atoms with Crippen molar-refractivity contribution in [1.82, 2.24) is 15.0 Å². The highest BCUT2D eigenvalue weighted by Gasteiger charge is 2.04. The average Bonchev–Trinajstić information content (AvgIpc) is 2.79. The van der Waals surface area contributed by atoms with E-state index in [4.69, 9.17) is 4.74 Å². The number of hydrogen-bond acceptors (Lipinski definition) is 4. The first-order chi connectivity index (χ1) is 14.8. The second kappa shape index (κ2) is 15.8. The standard InChI is InChI=1S/C26H41N3O/c1-3-5-7-9-11-13-15-19-30-24-21-28-26(29-22-24)25-18-17-23(20-27-25)16-14-12-10-8-6-4-2/h17-18,20-22H,3-16,19H2,1-2H3. The fourth-order valence-electron chi connectivity index (χ4n) is 3.59. The van der Waals surface area contributed by atoms with Crippen LogP contribution in [0.2, 0.25) is 0 Å². The van der Waals surface area contributed by atoms with E-state index in [0.717, 1.165) is 30.9 Å². The minimum Gasteiger partial charge on any atom is -0.490 e. The van der Waals surface area contributed by atoms with E-state index in [0.29, 0.717) is 5.82 Å². The van der Waals surface area contributed by atoms with Crippen molar-refractivity contribution in [3.05, 3.63) is 36.3 Å². The first kappa shape index (κ1) is 24.3. The van der Waals surface area contributed by atoms with Crippen LogP contribution >= 0.6 is 0 Å². The van der Waals surface area contributed by atoms with E-state index in [-0.39, 0.29) is 0 Å². The molecular formula is C26H41N3O. The van der Waals surface area contributed by atoms with Crippen molar-refractivity contribution in [2.75, 3.05) is 6.61 Å². The summed E-state index contributed by atoms with van der Waals surface area (Å²) < 4.78 is 5.78. The molecule has 4 heteroatoms. The summed E-state index contributed by atoms with van der Waals surface area (Å²) in [5.74, 6) is 1.40. The fraction of sp³-hybridized carbons (Fsp3) is 0.654. The molecule has 166 valence electrons. The van der Waals surface area contributed by atoms with Crippen molar-refractivity contribution in [1.29, 1.82) is 0 Å². The van der Waals surface area contributed by atoms with Gasteiger partial charge in [0.2, 0.25) is 0 Å². The number of ether oxygens (including phenoxy) is 1. The van der Waals surface area contributed by atoms with E-state index >= 15 is 0 Å². The quantitative estimate of drug-likeness (QED) is 0.252. The normalized spacial score (nSPS) is 11.0. The van der Waals surface area contributed by atoms with Gasteiger partial charge in [-0.2, -0.15) is 0 Å². The van der Waals surface area contributed by atoms with Gasteiger partial charge in [0.05, 0.1) is 19.0 Å². The molecule has 2 aromatic heterocycles. The van der Waals surface area contributed by atoms with Gasteiger partial charge in [-0.05, 0) is 30.9 Å². The molecule has 0 saturated heterocycles. The van der Waals surface area contributed by atoms with Crippen LogP contribution < -0.4 is 4.74 Å². The maximum Gasteiger partial charge on any atom is 0.178 e. The maximum absolute atomic E-state index is 5.78. The van der Waals surface area contributed by atoms with Crippen LogP contribution in [0.5, 0.6) is 5.75 Å². The molecule has 0 saturated carbocycles.